The van der Waals surface area contributed by atoms with Crippen molar-refractivity contribution < 1.29 is 19.1 Å². The maximum atomic E-state index is 12.2. The van der Waals surface area contributed by atoms with E-state index < -0.39 is 5.91 Å². The van der Waals surface area contributed by atoms with Gasteiger partial charge in [0.1, 0.15) is 11.5 Å². The fourth-order valence-electron chi connectivity index (χ4n) is 2.76. The van der Waals surface area contributed by atoms with Crippen molar-refractivity contribution >= 4 is 72.4 Å². The lowest BCUT2D eigenvalue weighted by atomic mass is 10.2. The molecule has 0 aliphatic carbocycles. The van der Waals surface area contributed by atoms with Gasteiger partial charge in [-0.05, 0) is 71.3 Å². The summed E-state index contributed by atoms with van der Waals surface area (Å²) in [5, 5.41) is 8.46. The Labute approximate surface area is 209 Å². The Hall–Kier alpha value is -2.17. The van der Waals surface area contributed by atoms with E-state index in [4.69, 9.17) is 21.7 Å². The van der Waals surface area contributed by atoms with Crippen molar-refractivity contribution in [3.05, 3.63) is 44.8 Å². The van der Waals surface area contributed by atoms with E-state index in [0.29, 0.717) is 29.3 Å². The highest BCUT2D eigenvalue weighted by Crippen LogP contribution is 2.32. The smallest absolute Gasteiger partial charge is 0.264 e. The number of thiocarbonyl (C=S) groups is 1. The number of halogens is 2. The van der Waals surface area contributed by atoms with Gasteiger partial charge in [-0.15, -0.1) is 0 Å². The largest absolute Gasteiger partial charge is 0.494 e. The Morgan fingerprint density at radius 2 is 1.84 bits per heavy atom. The van der Waals surface area contributed by atoms with Gasteiger partial charge in [0, 0.05) is 22.6 Å². The molecule has 7 nitrogen and oxygen atoms in total. The first-order chi connectivity index (χ1) is 15.2. The highest BCUT2D eigenvalue weighted by Gasteiger charge is 2.12. The third kappa shape index (κ3) is 8.07. The van der Waals surface area contributed by atoms with Crippen LogP contribution in [0.15, 0.2) is 39.3 Å². The van der Waals surface area contributed by atoms with E-state index in [1.54, 1.807) is 18.2 Å². The highest BCUT2D eigenvalue weighted by atomic mass is 79.9. The SMILES string of the molecule is CCCCC(=O)Nc1ccc(NC(=S)NC(=O)COc2c(C)cc(Br)cc2Br)cc1OC. The number of hydrogen-bond donors (Lipinski definition) is 3. The number of benzene rings is 2. The topological polar surface area (TPSA) is 88.7 Å². The van der Waals surface area contributed by atoms with Crippen LogP contribution in [0.3, 0.4) is 0 Å². The van der Waals surface area contributed by atoms with Crippen molar-refractivity contribution in [2.45, 2.75) is 33.1 Å². The second kappa shape index (κ2) is 12.8. The van der Waals surface area contributed by atoms with Crippen molar-refractivity contribution in [2.75, 3.05) is 24.4 Å². The predicted molar refractivity (Wildman–Crippen MR) is 138 cm³/mol. The molecule has 2 aromatic rings. The Morgan fingerprint density at radius 1 is 1.09 bits per heavy atom. The number of aryl methyl sites for hydroxylation is 1. The number of amides is 2. The van der Waals surface area contributed by atoms with E-state index in [1.807, 2.05) is 26.0 Å². The number of carbonyl (C=O) groups excluding carboxylic acids is 2. The summed E-state index contributed by atoms with van der Waals surface area (Å²) >= 11 is 12.1. The summed E-state index contributed by atoms with van der Waals surface area (Å²) in [5.41, 5.74) is 2.05. The van der Waals surface area contributed by atoms with Crippen LogP contribution in [0.1, 0.15) is 31.7 Å². The zero-order valence-corrected chi connectivity index (χ0v) is 22.0. The zero-order valence-electron chi connectivity index (χ0n) is 18.0. The van der Waals surface area contributed by atoms with Crippen LogP contribution in [-0.2, 0) is 9.59 Å². The molecule has 0 saturated carbocycles. The summed E-state index contributed by atoms with van der Waals surface area (Å²) in [6.07, 6.45) is 2.22. The molecule has 2 amide bonds. The van der Waals surface area contributed by atoms with E-state index in [-0.39, 0.29) is 17.6 Å². The number of hydrogen-bond acceptors (Lipinski definition) is 5. The molecule has 10 heteroatoms. The molecule has 172 valence electrons. The minimum atomic E-state index is -0.400. The zero-order chi connectivity index (χ0) is 23.7. The average molecular weight is 587 g/mol. The third-order valence-electron chi connectivity index (χ3n) is 4.29. The lowest BCUT2D eigenvalue weighted by Gasteiger charge is -2.15. The second-order valence-electron chi connectivity index (χ2n) is 6.89. The van der Waals surface area contributed by atoms with E-state index in [0.717, 1.165) is 27.4 Å². The Balaban J connectivity index is 1.92. The molecule has 0 atom stereocenters. The molecule has 0 heterocycles. The number of ether oxygens (including phenoxy) is 2. The van der Waals surface area contributed by atoms with E-state index in [2.05, 4.69) is 47.8 Å². The van der Waals surface area contributed by atoms with E-state index in [9.17, 15) is 9.59 Å². The van der Waals surface area contributed by atoms with Crippen LogP contribution in [0, 0.1) is 6.92 Å². The quantitative estimate of drug-likeness (QED) is 0.334. The normalized spacial score (nSPS) is 10.3. The van der Waals surface area contributed by atoms with Gasteiger partial charge in [-0.1, -0.05) is 29.3 Å². The summed E-state index contributed by atoms with van der Waals surface area (Å²) in [4.78, 5) is 24.2. The molecule has 32 heavy (non-hydrogen) atoms. The molecule has 0 fully saturated rings. The molecule has 0 aliphatic heterocycles. The predicted octanol–water partition coefficient (Wildman–Crippen LogP) is 5.55. The molecule has 0 aliphatic rings. The minimum absolute atomic E-state index is 0.0682. The minimum Gasteiger partial charge on any atom is -0.494 e. The molecule has 0 unspecified atom stereocenters. The molecule has 0 saturated heterocycles. The molecule has 0 spiro atoms. The molecule has 3 N–H and O–H groups in total. The van der Waals surface area contributed by atoms with Crippen LogP contribution in [0.5, 0.6) is 11.5 Å². The van der Waals surface area contributed by atoms with Crippen molar-refractivity contribution in [2.24, 2.45) is 0 Å². The van der Waals surface area contributed by atoms with Gasteiger partial charge < -0.3 is 20.1 Å². The summed E-state index contributed by atoms with van der Waals surface area (Å²) in [6, 6.07) is 8.87. The number of unbranched alkanes of at least 4 members (excludes halogenated alkanes) is 1. The van der Waals surface area contributed by atoms with Gasteiger partial charge in [-0.2, -0.15) is 0 Å². The Morgan fingerprint density at radius 3 is 2.50 bits per heavy atom. The number of methoxy groups -OCH3 is 1. The molecule has 0 radical (unpaired) electrons. The van der Waals surface area contributed by atoms with Gasteiger partial charge in [0.15, 0.2) is 11.7 Å². The molecular weight excluding hydrogens is 562 g/mol. The van der Waals surface area contributed by atoms with Crippen molar-refractivity contribution in [1.82, 2.24) is 5.32 Å². The number of nitrogens with one attached hydrogen (secondary N) is 3. The standard InChI is InChI=1S/C22H25Br2N3O4S/c1-4-5-6-19(28)26-17-8-7-15(11-18(17)30-3)25-22(32)27-20(29)12-31-21-13(2)9-14(23)10-16(21)24/h7-11H,4-6,12H2,1-3H3,(H,26,28)(H2,25,27,29,32). The highest BCUT2D eigenvalue weighted by molar-refractivity contribution is 9.11. The lowest BCUT2D eigenvalue weighted by Crippen LogP contribution is -2.37. The summed E-state index contributed by atoms with van der Waals surface area (Å²) in [7, 11) is 1.51. The van der Waals surface area contributed by atoms with Gasteiger partial charge in [-0.3, -0.25) is 14.9 Å². The first-order valence-corrected chi connectivity index (χ1v) is 11.9. The van der Waals surface area contributed by atoms with E-state index in [1.165, 1.54) is 7.11 Å². The van der Waals surface area contributed by atoms with Crippen LogP contribution in [-0.4, -0.2) is 30.6 Å². The third-order valence-corrected chi connectivity index (χ3v) is 5.54. The summed E-state index contributed by atoms with van der Waals surface area (Å²) in [6.45, 7) is 3.72. The molecule has 0 aromatic heterocycles. The van der Waals surface area contributed by atoms with Crippen LogP contribution >= 0.6 is 44.1 Å². The number of rotatable bonds is 9. The van der Waals surface area contributed by atoms with E-state index >= 15 is 0 Å². The molecule has 0 bridgehead atoms. The van der Waals surface area contributed by atoms with Crippen molar-refractivity contribution in [3.63, 3.8) is 0 Å². The monoisotopic (exact) mass is 585 g/mol. The van der Waals surface area contributed by atoms with Gasteiger partial charge in [0.05, 0.1) is 17.3 Å². The summed E-state index contributed by atoms with van der Waals surface area (Å²) < 4.78 is 12.6. The first-order valence-electron chi connectivity index (χ1n) is 9.90. The average Bonchev–Trinajstić information content (AvgIpc) is 2.72. The van der Waals surface area contributed by atoms with Crippen LogP contribution in [0.4, 0.5) is 11.4 Å². The van der Waals surface area contributed by atoms with Gasteiger partial charge >= 0.3 is 0 Å². The lowest BCUT2D eigenvalue weighted by molar-refractivity contribution is -0.121. The summed E-state index contributed by atoms with van der Waals surface area (Å²) in [5.74, 6) is 0.598. The second-order valence-corrected chi connectivity index (χ2v) is 9.07. The van der Waals surface area contributed by atoms with Crippen LogP contribution < -0.4 is 25.4 Å². The fraction of sp³-hybridized carbons (Fsp3) is 0.318. The number of anilines is 2. The Bertz CT molecular complexity index is 978. The van der Waals surface area contributed by atoms with Crippen molar-refractivity contribution in [1.29, 1.82) is 0 Å². The first kappa shape index (κ1) is 26.1. The number of carbonyl (C=O) groups is 2. The van der Waals surface area contributed by atoms with Crippen molar-refractivity contribution in [3.8, 4) is 11.5 Å². The maximum Gasteiger partial charge on any atom is 0.264 e. The van der Waals surface area contributed by atoms with Crippen LogP contribution in [0.2, 0.25) is 0 Å². The van der Waals surface area contributed by atoms with Crippen LogP contribution in [0.25, 0.3) is 0 Å². The molecule has 2 aromatic carbocycles. The maximum absolute atomic E-state index is 12.2. The van der Waals surface area contributed by atoms with Gasteiger partial charge in [0.25, 0.3) is 5.91 Å². The molecular formula is C22H25Br2N3O4S. The van der Waals surface area contributed by atoms with Gasteiger partial charge in [0.2, 0.25) is 5.91 Å². The Kier molecular flexibility index (Phi) is 10.4. The fourth-order valence-corrected chi connectivity index (χ4v) is 4.54. The molecule has 2 rings (SSSR count). The van der Waals surface area contributed by atoms with Gasteiger partial charge in [-0.25, -0.2) is 0 Å².